The van der Waals surface area contributed by atoms with Gasteiger partial charge in [0.05, 0.1) is 11.5 Å². The van der Waals surface area contributed by atoms with Crippen LogP contribution in [0.3, 0.4) is 0 Å². The number of carbonyl (C=O) groups excluding carboxylic acids is 1. The summed E-state index contributed by atoms with van der Waals surface area (Å²) in [5.74, 6) is -1.56. The van der Waals surface area contributed by atoms with Crippen molar-refractivity contribution in [2.24, 2.45) is 0 Å². The van der Waals surface area contributed by atoms with Crippen LogP contribution in [0, 0.1) is 5.82 Å². The lowest BCUT2D eigenvalue weighted by atomic mass is 10.1. The molecule has 0 radical (unpaired) electrons. The Morgan fingerprint density at radius 3 is 2.52 bits per heavy atom. The Bertz CT molecular complexity index is 818. The van der Waals surface area contributed by atoms with Crippen molar-refractivity contribution in [3.63, 3.8) is 0 Å². The molecular weight excluding hydrogens is 289 g/mol. The van der Waals surface area contributed by atoms with Gasteiger partial charge in [0.15, 0.2) is 0 Å². The Kier molecular flexibility index (Phi) is 3.58. The maximum Gasteiger partial charge on any atom is 0.123 e. The highest BCUT2D eigenvalue weighted by atomic mass is 32.2. The first-order valence-electron chi connectivity index (χ1n) is 6.18. The molecule has 1 aromatic heterocycles. The number of aromatic nitrogens is 1. The van der Waals surface area contributed by atoms with Crippen LogP contribution >= 0.6 is 11.8 Å². The normalized spacial score (nSPS) is 10.7. The van der Waals surface area contributed by atoms with Crippen molar-refractivity contribution in [3.8, 4) is 0 Å². The average molecular weight is 298 g/mol. The fourth-order valence-corrected chi connectivity index (χ4v) is 2.83. The lowest BCUT2D eigenvalue weighted by molar-refractivity contribution is -0.254. The molecular formula is C16H9FNO2S-. The van der Waals surface area contributed by atoms with Gasteiger partial charge in [0.25, 0.3) is 0 Å². The molecule has 2 aromatic carbocycles. The summed E-state index contributed by atoms with van der Waals surface area (Å²) in [4.78, 5) is 16.5. The lowest BCUT2D eigenvalue weighted by Gasteiger charge is -2.10. The van der Waals surface area contributed by atoms with E-state index in [-0.39, 0.29) is 11.4 Å². The summed E-state index contributed by atoms with van der Waals surface area (Å²) in [7, 11) is 0. The molecule has 0 amide bonds. The summed E-state index contributed by atoms with van der Waals surface area (Å²) in [5.41, 5.74) is 0.689. The van der Waals surface area contributed by atoms with Gasteiger partial charge < -0.3 is 9.90 Å². The van der Waals surface area contributed by atoms with Gasteiger partial charge in [-0.3, -0.25) is 0 Å². The highest BCUT2D eigenvalue weighted by molar-refractivity contribution is 7.99. The monoisotopic (exact) mass is 298 g/mol. The Labute approximate surface area is 124 Å². The molecule has 0 unspecified atom stereocenters. The van der Waals surface area contributed by atoms with Gasteiger partial charge in [-0.15, -0.1) is 0 Å². The van der Waals surface area contributed by atoms with E-state index in [2.05, 4.69) is 4.98 Å². The predicted octanol–water partition coefficient (Wildman–Crippen LogP) is 2.89. The van der Waals surface area contributed by atoms with Gasteiger partial charge in [0, 0.05) is 15.8 Å². The van der Waals surface area contributed by atoms with E-state index in [9.17, 15) is 14.3 Å². The van der Waals surface area contributed by atoms with Crippen LogP contribution in [0.2, 0.25) is 0 Å². The van der Waals surface area contributed by atoms with E-state index in [1.54, 1.807) is 36.4 Å². The van der Waals surface area contributed by atoms with Crippen molar-refractivity contribution < 1.29 is 14.3 Å². The van der Waals surface area contributed by atoms with Crippen LogP contribution in [0.15, 0.2) is 64.5 Å². The number of carbonyl (C=O) groups is 1. The summed E-state index contributed by atoms with van der Waals surface area (Å²) < 4.78 is 12.9. The summed E-state index contributed by atoms with van der Waals surface area (Å²) in [5, 5.41) is 12.3. The number of nitrogens with zero attached hydrogens (tertiary/aromatic N) is 1. The van der Waals surface area contributed by atoms with Crippen LogP contribution < -0.4 is 5.11 Å². The minimum Gasteiger partial charge on any atom is -0.545 e. The number of aromatic carboxylic acids is 1. The lowest BCUT2D eigenvalue weighted by Crippen LogP contribution is -2.22. The molecule has 0 fully saturated rings. The van der Waals surface area contributed by atoms with Crippen LogP contribution in [-0.2, 0) is 0 Å². The van der Waals surface area contributed by atoms with E-state index in [0.29, 0.717) is 15.9 Å². The topological polar surface area (TPSA) is 53.0 Å². The number of para-hydroxylation sites is 1. The van der Waals surface area contributed by atoms with Crippen LogP contribution in [0.5, 0.6) is 0 Å². The number of rotatable bonds is 3. The second kappa shape index (κ2) is 5.54. The predicted molar refractivity (Wildman–Crippen MR) is 76.6 cm³/mol. The maximum absolute atomic E-state index is 12.9. The third kappa shape index (κ3) is 2.87. The molecule has 3 rings (SSSR count). The van der Waals surface area contributed by atoms with Crippen molar-refractivity contribution in [2.75, 3.05) is 0 Å². The van der Waals surface area contributed by atoms with E-state index in [4.69, 9.17) is 0 Å². The molecule has 104 valence electrons. The van der Waals surface area contributed by atoms with Crippen molar-refractivity contribution in [1.82, 2.24) is 4.98 Å². The standard InChI is InChI=1S/C16H10FNO2S/c17-10-5-7-11(8-6-10)21-15-9-13(16(19)20)12-3-1-2-4-14(12)18-15/h1-9H,(H,19,20)/p-1. The van der Waals surface area contributed by atoms with Crippen LogP contribution in [0.4, 0.5) is 4.39 Å². The fraction of sp³-hybridized carbons (Fsp3) is 0. The van der Waals surface area contributed by atoms with Gasteiger partial charge in [-0.1, -0.05) is 30.0 Å². The van der Waals surface area contributed by atoms with Crippen LogP contribution in [0.25, 0.3) is 10.9 Å². The number of hydrogen-bond donors (Lipinski definition) is 0. The van der Waals surface area contributed by atoms with Crippen molar-refractivity contribution >= 4 is 28.6 Å². The summed E-state index contributed by atoms with van der Waals surface area (Å²) >= 11 is 1.27. The molecule has 21 heavy (non-hydrogen) atoms. The van der Waals surface area contributed by atoms with Gasteiger partial charge in [0.1, 0.15) is 10.8 Å². The van der Waals surface area contributed by atoms with Crippen molar-refractivity contribution in [2.45, 2.75) is 9.92 Å². The number of benzene rings is 2. The first-order chi connectivity index (χ1) is 10.1. The molecule has 0 aliphatic heterocycles. The second-order valence-electron chi connectivity index (χ2n) is 4.37. The number of pyridine rings is 1. The van der Waals surface area contributed by atoms with E-state index in [1.807, 2.05) is 0 Å². The summed E-state index contributed by atoms with van der Waals surface area (Å²) in [6.45, 7) is 0. The van der Waals surface area contributed by atoms with E-state index < -0.39 is 5.97 Å². The third-order valence-electron chi connectivity index (χ3n) is 2.95. The van der Waals surface area contributed by atoms with Gasteiger partial charge in [-0.25, -0.2) is 9.37 Å². The number of carboxylic acid groups (broad SMARTS) is 1. The fourth-order valence-electron chi connectivity index (χ4n) is 2.00. The van der Waals surface area contributed by atoms with Gasteiger partial charge in [0.2, 0.25) is 0 Å². The molecule has 0 atom stereocenters. The van der Waals surface area contributed by atoms with E-state index in [0.717, 1.165) is 4.90 Å². The van der Waals surface area contributed by atoms with E-state index >= 15 is 0 Å². The smallest absolute Gasteiger partial charge is 0.123 e. The SMILES string of the molecule is O=C([O-])c1cc(Sc2ccc(F)cc2)nc2ccccc12. The zero-order chi connectivity index (χ0) is 14.8. The zero-order valence-electron chi connectivity index (χ0n) is 10.7. The molecule has 0 aliphatic rings. The average Bonchev–Trinajstić information content (AvgIpc) is 2.48. The molecule has 3 nitrogen and oxygen atoms in total. The number of hydrogen-bond acceptors (Lipinski definition) is 4. The van der Waals surface area contributed by atoms with Gasteiger partial charge in [-0.2, -0.15) is 0 Å². The minimum atomic E-state index is -1.24. The first kappa shape index (κ1) is 13.6. The Morgan fingerprint density at radius 2 is 1.81 bits per heavy atom. The molecule has 0 saturated carbocycles. The van der Waals surface area contributed by atoms with E-state index in [1.165, 1.54) is 30.0 Å². The maximum atomic E-state index is 12.9. The van der Waals surface area contributed by atoms with Crippen LogP contribution in [0.1, 0.15) is 10.4 Å². The Balaban J connectivity index is 2.06. The number of fused-ring (bicyclic) bond motifs is 1. The zero-order valence-corrected chi connectivity index (χ0v) is 11.6. The third-order valence-corrected chi connectivity index (χ3v) is 3.87. The second-order valence-corrected chi connectivity index (χ2v) is 5.46. The molecule has 3 aromatic rings. The Morgan fingerprint density at radius 1 is 1.10 bits per heavy atom. The quantitative estimate of drug-likeness (QED) is 0.746. The molecule has 0 spiro atoms. The number of halogens is 1. The molecule has 0 bridgehead atoms. The largest absolute Gasteiger partial charge is 0.545 e. The first-order valence-corrected chi connectivity index (χ1v) is 7.00. The summed E-state index contributed by atoms with van der Waals surface area (Å²) in [6, 6.07) is 14.4. The Hall–Kier alpha value is -2.40. The highest BCUT2D eigenvalue weighted by Gasteiger charge is 2.08. The van der Waals surface area contributed by atoms with Crippen LogP contribution in [-0.4, -0.2) is 11.0 Å². The van der Waals surface area contributed by atoms with Crippen molar-refractivity contribution in [1.29, 1.82) is 0 Å². The number of carboxylic acids is 1. The van der Waals surface area contributed by atoms with Crippen molar-refractivity contribution in [3.05, 3.63) is 66.0 Å². The molecule has 5 heteroatoms. The summed E-state index contributed by atoms with van der Waals surface area (Å²) in [6.07, 6.45) is 0. The van der Waals surface area contributed by atoms with Gasteiger partial charge in [-0.05, 0) is 36.4 Å². The minimum absolute atomic E-state index is 0.102. The molecule has 0 N–H and O–H groups in total. The molecule has 0 aliphatic carbocycles. The molecule has 0 saturated heterocycles. The highest BCUT2D eigenvalue weighted by Crippen LogP contribution is 2.29. The molecule has 1 heterocycles. The van der Waals surface area contributed by atoms with Gasteiger partial charge >= 0.3 is 0 Å².